The van der Waals surface area contributed by atoms with Gasteiger partial charge < -0.3 is 19.7 Å². The lowest BCUT2D eigenvalue weighted by molar-refractivity contribution is 0.0728. The van der Waals surface area contributed by atoms with E-state index in [9.17, 15) is 4.79 Å². The monoisotopic (exact) mass is 369 g/mol. The van der Waals surface area contributed by atoms with Crippen molar-refractivity contribution in [1.29, 1.82) is 0 Å². The van der Waals surface area contributed by atoms with E-state index in [1.807, 2.05) is 29.2 Å². The Morgan fingerprint density at radius 2 is 1.89 bits per heavy atom. The molecule has 0 bridgehead atoms. The van der Waals surface area contributed by atoms with E-state index in [4.69, 9.17) is 9.47 Å². The summed E-state index contributed by atoms with van der Waals surface area (Å²) in [6.07, 6.45) is 2.47. The second-order valence-electron chi connectivity index (χ2n) is 7.16. The summed E-state index contributed by atoms with van der Waals surface area (Å²) in [6, 6.07) is 7.68. The van der Waals surface area contributed by atoms with Gasteiger partial charge in [0.15, 0.2) is 11.5 Å². The van der Waals surface area contributed by atoms with Crippen LogP contribution in [0, 0.1) is 5.92 Å². The van der Waals surface area contributed by atoms with Crippen molar-refractivity contribution in [2.75, 3.05) is 32.6 Å². The third kappa shape index (κ3) is 4.32. The highest BCUT2D eigenvalue weighted by Crippen LogP contribution is 2.33. The van der Waals surface area contributed by atoms with Crippen LogP contribution in [0.1, 0.15) is 35.5 Å². The Hall–Kier alpha value is -2.76. The third-order valence-corrected chi connectivity index (χ3v) is 4.70. The van der Waals surface area contributed by atoms with Crippen LogP contribution in [0.5, 0.6) is 11.5 Å². The molecule has 1 N–H and O–H groups in total. The van der Waals surface area contributed by atoms with Gasteiger partial charge in [-0.25, -0.2) is 0 Å². The van der Waals surface area contributed by atoms with Crippen LogP contribution in [0.25, 0.3) is 0 Å². The number of benzene rings is 1. The maximum absolute atomic E-state index is 13.0. The van der Waals surface area contributed by atoms with Crippen molar-refractivity contribution in [3.63, 3.8) is 0 Å². The van der Waals surface area contributed by atoms with Gasteiger partial charge in [-0.1, -0.05) is 13.8 Å². The Morgan fingerprint density at radius 3 is 2.56 bits per heavy atom. The van der Waals surface area contributed by atoms with Gasteiger partial charge in [-0.05, 0) is 47.7 Å². The van der Waals surface area contributed by atoms with Crippen LogP contribution < -0.4 is 14.8 Å². The van der Waals surface area contributed by atoms with Crippen LogP contribution in [0.3, 0.4) is 0 Å². The molecule has 1 aromatic carbocycles. The predicted molar refractivity (Wildman–Crippen MR) is 106 cm³/mol. The van der Waals surface area contributed by atoms with Gasteiger partial charge in [-0.2, -0.15) is 0 Å². The number of aromatic nitrogens is 1. The molecule has 0 radical (unpaired) electrons. The molecule has 0 fully saturated rings. The van der Waals surface area contributed by atoms with Crippen LogP contribution in [0.15, 0.2) is 30.5 Å². The fourth-order valence-electron chi connectivity index (χ4n) is 3.20. The number of rotatable bonds is 6. The number of hydrogen-bond donors (Lipinski definition) is 1. The molecule has 3 rings (SSSR count). The summed E-state index contributed by atoms with van der Waals surface area (Å²) in [7, 11) is 3.25. The first-order valence-corrected chi connectivity index (χ1v) is 9.24. The zero-order valence-corrected chi connectivity index (χ0v) is 16.4. The fourth-order valence-corrected chi connectivity index (χ4v) is 3.20. The lowest BCUT2D eigenvalue weighted by Gasteiger charge is -2.29. The molecule has 6 nitrogen and oxygen atoms in total. The summed E-state index contributed by atoms with van der Waals surface area (Å²) in [5, 5.41) is 3.34. The second-order valence-corrected chi connectivity index (χ2v) is 7.16. The molecule has 1 aromatic heterocycles. The third-order valence-electron chi connectivity index (χ3n) is 4.70. The van der Waals surface area contributed by atoms with Gasteiger partial charge in [0, 0.05) is 31.5 Å². The first-order valence-electron chi connectivity index (χ1n) is 9.24. The van der Waals surface area contributed by atoms with E-state index >= 15 is 0 Å². The first-order chi connectivity index (χ1) is 13.0. The van der Waals surface area contributed by atoms with Crippen LogP contribution in [0.2, 0.25) is 0 Å². The predicted octanol–water partition coefficient (Wildman–Crippen LogP) is 3.37. The van der Waals surface area contributed by atoms with Crippen LogP contribution in [-0.4, -0.2) is 43.1 Å². The van der Waals surface area contributed by atoms with E-state index in [2.05, 4.69) is 24.1 Å². The van der Waals surface area contributed by atoms with E-state index in [0.29, 0.717) is 30.5 Å². The molecule has 0 spiro atoms. The minimum atomic E-state index is -0.0522. The Morgan fingerprint density at radius 1 is 1.19 bits per heavy atom. The maximum Gasteiger partial charge on any atom is 0.272 e. The molecule has 144 valence electrons. The number of carbonyl (C=O) groups is 1. The van der Waals surface area contributed by atoms with Gasteiger partial charge in [0.25, 0.3) is 5.91 Å². The van der Waals surface area contributed by atoms with E-state index in [-0.39, 0.29) is 5.91 Å². The van der Waals surface area contributed by atoms with Crippen molar-refractivity contribution in [2.24, 2.45) is 5.92 Å². The van der Waals surface area contributed by atoms with Gasteiger partial charge >= 0.3 is 0 Å². The normalized spacial score (nSPS) is 13.3. The summed E-state index contributed by atoms with van der Waals surface area (Å²) in [6.45, 7) is 6.35. The highest BCUT2D eigenvalue weighted by atomic mass is 16.5. The molecule has 2 heterocycles. The van der Waals surface area contributed by atoms with E-state index in [1.165, 1.54) is 5.56 Å². The van der Waals surface area contributed by atoms with Crippen molar-refractivity contribution < 1.29 is 14.3 Å². The molecule has 0 saturated heterocycles. The van der Waals surface area contributed by atoms with Gasteiger partial charge in [-0.15, -0.1) is 0 Å². The van der Waals surface area contributed by atoms with E-state index in [0.717, 1.165) is 30.0 Å². The standard InChI is InChI=1S/C21H27N3O3/c1-14(2)12-23-17-5-7-22-18(11-17)21(25)24-8-6-15-9-19(26-3)20(27-4)10-16(15)13-24/h5,7,9-11,14H,6,8,12-13H2,1-4H3,(H,22,23). The number of hydrogen-bond acceptors (Lipinski definition) is 5. The Bertz CT molecular complexity index is 820. The number of carbonyl (C=O) groups excluding carboxylic acids is 1. The molecule has 1 amide bonds. The summed E-state index contributed by atoms with van der Waals surface area (Å²) < 4.78 is 10.8. The number of nitrogens with zero attached hydrogens (tertiary/aromatic N) is 2. The minimum absolute atomic E-state index is 0.0522. The molecule has 27 heavy (non-hydrogen) atoms. The summed E-state index contributed by atoms with van der Waals surface area (Å²) in [4.78, 5) is 19.1. The number of nitrogens with one attached hydrogen (secondary N) is 1. The molecule has 0 atom stereocenters. The van der Waals surface area contributed by atoms with Crippen LogP contribution in [-0.2, 0) is 13.0 Å². The molecule has 0 saturated carbocycles. The number of anilines is 1. The smallest absolute Gasteiger partial charge is 0.272 e. The molecular weight excluding hydrogens is 342 g/mol. The lowest BCUT2D eigenvalue weighted by Crippen LogP contribution is -2.36. The lowest BCUT2D eigenvalue weighted by atomic mass is 9.98. The quantitative estimate of drug-likeness (QED) is 0.846. The molecule has 2 aromatic rings. The number of amides is 1. The van der Waals surface area contributed by atoms with Crippen LogP contribution in [0.4, 0.5) is 5.69 Å². The number of pyridine rings is 1. The highest BCUT2D eigenvalue weighted by Gasteiger charge is 2.24. The van der Waals surface area contributed by atoms with Crippen molar-refractivity contribution >= 4 is 11.6 Å². The SMILES string of the molecule is COc1cc2c(cc1OC)CN(C(=O)c1cc(NCC(C)C)ccn1)CC2. The van der Waals surface area contributed by atoms with E-state index in [1.54, 1.807) is 20.4 Å². The minimum Gasteiger partial charge on any atom is -0.493 e. The van der Waals surface area contributed by atoms with Gasteiger partial charge in [-0.3, -0.25) is 9.78 Å². The van der Waals surface area contributed by atoms with Gasteiger partial charge in [0.05, 0.1) is 14.2 Å². The number of fused-ring (bicyclic) bond motifs is 1. The Labute approximate surface area is 160 Å². The molecule has 0 unspecified atom stereocenters. The molecule has 6 heteroatoms. The molecule has 1 aliphatic rings. The Balaban J connectivity index is 1.77. The van der Waals surface area contributed by atoms with Crippen molar-refractivity contribution in [2.45, 2.75) is 26.8 Å². The summed E-state index contributed by atoms with van der Waals surface area (Å²) >= 11 is 0. The topological polar surface area (TPSA) is 63.7 Å². The average molecular weight is 369 g/mol. The van der Waals surface area contributed by atoms with Gasteiger partial charge in [0.2, 0.25) is 0 Å². The number of methoxy groups -OCH3 is 2. The van der Waals surface area contributed by atoms with Crippen molar-refractivity contribution in [1.82, 2.24) is 9.88 Å². The summed E-state index contributed by atoms with van der Waals surface area (Å²) in [5.74, 6) is 1.89. The molecule has 0 aliphatic carbocycles. The first kappa shape index (κ1) is 19.0. The zero-order valence-electron chi connectivity index (χ0n) is 16.4. The maximum atomic E-state index is 13.0. The second kappa shape index (κ2) is 8.29. The van der Waals surface area contributed by atoms with Crippen LogP contribution >= 0.6 is 0 Å². The fraction of sp³-hybridized carbons (Fsp3) is 0.429. The van der Waals surface area contributed by atoms with Crippen molar-refractivity contribution in [3.8, 4) is 11.5 Å². The number of ether oxygens (including phenoxy) is 2. The Kier molecular flexibility index (Phi) is 5.84. The molecular formula is C21H27N3O3. The highest BCUT2D eigenvalue weighted by molar-refractivity contribution is 5.93. The largest absolute Gasteiger partial charge is 0.493 e. The van der Waals surface area contributed by atoms with E-state index < -0.39 is 0 Å². The average Bonchev–Trinajstić information content (AvgIpc) is 2.70. The zero-order chi connectivity index (χ0) is 19.4. The summed E-state index contributed by atoms with van der Waals surface area (Å²) in [5.41, 5.74) is 3.66. The molecule has 1 aliphatic heterocycles. The van der Waals surface area contributed by atoms with Crippen molar-refractivity contribution in [3.05, 3.63) is 47.3 Å². The van der Waals surface area contributed by atoms with Gasteiger partial charge in [0.1, 0.15) is 5.69 Å².